The Kier molecular flexibility index (Phi) is 6.20. The number of benzene rings is 1. The molecule has 0 aliphatic carbocycles. The Bertz CT molecular complexity index is 1190. The van der Waals surface area contributed by atoms with Gasteiger partial charge in [0.1, 0.15) is 5.75 Å². The van der Waals surface area contributed by atoms with E-state index in [0.29, 0.717) is 12.4 Å². The van der Waals surface area contributed by atoms with Gasteiger partial charge >= 0.3 is 7.82 Å². The Morgan fingerprint density at radius 1 is 1.00 bits per heavy atom. The number of phosphoric acid groups is 1. The van der Waals surface area contributed by atoms with E-state index < -0.39 is 7.82 Å². The third-order valence-electron chi connectivity index (χ3n) is 4.31. The molecular weight excluding hydrogens is 419 g/mol. The van der Waals surface area contributed by atoms with Crippen LogP contribution in [-0.4, -0.2) is 24.6 Å². The molecule has 0 radical (unpaired) electrons. The second kappa shape index (κ2) is 9.20. The lowest BCUT2D eigenvalue weighted by Gasteiger charge is -2.06. The van der Waals surface area contributed by atoms with E-state index in [2.05, 4.69) is 14.6 Å². The zero-order valence-electron chi connectivity index (χ0n) is 16.4. The molecule has 10 heteroatoms. The number of hydrogen-bond acceptors (Lipinski definition) is 5. The summed E-state index contributed by atoms with van der Waals surface area (Å²) >= 11 is 0. The van der Waals surface area contributed by atoms with Crippen LogP contribution in [0.5, 0.6) is 11.6 Å². The molecule has 0 saturated heterocycles. The molecule has 3 aromatic heterocycles. The topological polar surface area (TPSA) is 111 Å². The number of phosphoric ester groups is 1. The summed E-state index contributed by atoms with van der Waals surface area (Å²) in [5.74, 6) is 1.24. The quantitative estimate of drug-likeness (QED) is 0.321. The van der Waals surface area contributed by atoms with E-state index in [0.717, 1.165) is 22.4 Å². The molecule has 31 heavy (non-hydrogen) atoms. The van der Waals surface area contributed by atoms with Gasteiger partial charge in [0.05, 0.1) is 12.7 Å². The van der Waals surface area contributed by atoms with Gasteiger partial charge in [0.15, 0.2) is 12.4 Å². The number of hydrogen-bond donors (Lipinski definition) is 2. The SMILES string of the molecule is O=P(O)(O)OC[n+]1cccc(-c2cnn(Cc3ccc(Oc4ccccc4)nc3)c2)c1. The molecule has 1 aromatic carbocycles. The van der Waals surface area contributed by atoms with Crippen molar-refractivity contribution < 1.29 is 28.2 Å². The molecule has 0 amide bonds. The summed E-state index contributed by atoms with van der Waals surface area (Å²) in [6, 6.07) is 16.9. The molecule has 0 unspecified atom stereocenters. The average Bonchev–Trinajstić information content (AvgIpc) is 3.23. The number of para-hydroxylation sites is 1. The lowest BCUT2D eigenvalue weighted by molar-refractivity contribution is -0.725. The first kappa shape index (κ1) is 20.9. The number of nitrogens with zero attached hydrogens (tertiary/aromatic N) is 4. The molecule has 0 fully saturated rings. The van der Waals surface area contributed by atoms with Gasteiger partial charge in [0.25, 0.3) is 6.73 Å². The normalized spacial score (nSPS) is 11.4. The van der Waals surface area contributed by atoms with Gasteiger partial charge in [-0.3, -0.25) is 4.68 Å². The summed E-state index contributed by atoms with van der Waals surface area (Å²) in [4.78, 5) is 22.0. The Balaban J connectivity index is 1.41. The van der Waals surface area contributed by atoms with Crippen molar-refractivity contribution in [3.8, 4) is 22.8 Å². The van der Waals surface area contributed by atoms with E-state index >= 15 is 0 Å². The van der Waals surface area contributed by atoms with Crippen molar-refractivity contribution in [3.05, 3.63) is 91.1 Å². The molecule has 158 valence electrons. The second-order valence-corrected chi connectivity index (χ2v) is 7.94. The molecule has 4 aromatic rings. The fourth-order valence-corrected chi connectivity index (χ4v) is 3.16. The highest BCUT2D eigenvalue weighted by molar-refractivity contribution is 7.46. The van der Waals surface area contributed by atoms with Crippen LogP contribution in [0.3, 0.4) is 0 Å². The van der Waals surface area contributed by atoms with Gasteiger partial charge in [-0.25, -0.2) is 14.1 Å². The van der Waals surface area contributed by atoms with Gasteiger partial charge in [-0.05, 0) is 23.8 Å². The zero-order chi connectivity index (χ0) is 21.7. The lowest BCUT2D eigenvalue weighted by Crippen LogP contribution is -2.33. The molecule has 0 aliphatic rings. The van der Waals surface area contributed by atoms with E-state index in [-0.39, 0.29) is 6.73 Å². The first-order valence-electron chi connectivity index (χ1n) is 9.34. The monoisotopic (exact) mass is 439 g/mol. The van der Waals surface area contributed by atoms with Gasteiger partial charge in [0, 0.05) is 35.7 Å². The van der Waals surface area contributed by atoms with E-state index in [9.17, 15) is 4.57 Å². The van der Waals surface area contributed by atoms with Gasteiger partial charge in [0.2, 0.25) is 5.88 Å². The maximum atomic E-state index is 10.9. The molecule has 0 bridgehead atoms. The molecule has 4 rings (SSSR count). The number of pyridine rings is 2. The standard InChI is InChI=1S/C21H19N4O5P/c26-31(27,28)29-16-24-10-4-5-18(14-24)19-12-23-25(15-19)13-17-8-9-21(22-11-17)30-20-6-2-1-3-7-20/h1-12,14-15H,13,16H2,(H-,26,27,28)/p+1. The fraction of sp³-hybridized carbons (Fsp3) is 0.0952. The van der Waals surface area contributed by atoms with E-state index in [4.69, 9.17) is 14.5 Å². The molecule has 0 spiro atoms. The van der Waals surface area contributed by atoms with Crippen LogP contribution in [0.25, 0.3) is 11.1 Å². The molecular formula is C21H20N4O5P+. The summed E-state index contributed by atoms with van der Waals surface area (Å²) in [7, 11) is -4.53. The molecule has 0 atom stereocenters. The molecule has 0 saturated carbocycles. The van der Waals surface area contributed by atoms with Gasteiger partial charge in [-0.15, -0.1) is 0 Å². The van der Waals surface area contributed by atoms with Crippen LogP contribution in [0.4, 0.5) is 0 Å². The van der Waals surface area contributed by atoms with Gasteiger partial charge in [-0.1, -0.05) is 24.3 Å². The minimum atomic E-state index is -4.53. The minimum Gasteiger partial charge on any atom is -0.439 e. The van der Waals surface area contributed by atoms with E-state index in [1.807, 2.05) is 54.7 Å². The highest BCUT2D eigenvalue weighted by Gasteiger charge is 2.17. The summed E-state index contributed by atoms with van der Waals surface area (Å²) in [5.41, 5.74) is 2.67. The average molecular weight is 439 g/mol. The Hall–Kier alpha value is -3.36. The Morgan fingerprint density at radius 3 is 2.58 bits per heavy atom. The largest absolute Gasteiger partial charge is 0.474 e. The Labute approximate surface area is 178 Å². The maximum absolute atomic E-state index is 10.9. The number of rotatable bonds is 8. The van der Waals surface area contributed by atoms with Crippen molar-refractivity contribution >= 4 is 7.82 Å². The highest BCUT2D eigenvalue weighted by Crippen LogP contribution is 2.35. The van der Waals surface area contributed by atoms with Crippen molar-refractivity contribution in [1.82, 2.24) is 14.8 Å². The molecule has 2 N–H and O–H groups in total. The maximum Gasteiger partial charge on any atom is 0.474 e. The van der Waals surface area contributed by atoms with E-state index in [1.54, 1.807) is 40.1 Å². The smallest absolute Gasteiger partial charge is 0.439 e. The molecule has 9 nitrogen and oxygen atoms in total. The van der Waals surface area contributed by atoms with Crippen LogP contribution in [0.1, 0.15) is 5.56 Å². The third-order valence-corrected chi connectivity index (χ3v) is 4.76. The second-order valence-electron chi connectivity index (χ2n) is 6.70. The number of ether oxygens (including phenoxy) is 1. The van der Waals surface area contributed by atoms with Crippen molar-refractivity contribution in [2.75, 3.05) is 0 Å². The minimum absolute atomic E-state index is 0.255. The third kappa shape index (κ3) is 6.07. The lowest BCUT2D eigenvalue weighted by atomic mass is 10.2. The Morgan fingerprint density at radius 2 is 1.84 bits per heavy atom. The first-order chi connectivity index (χ1) is 14.9. The van der Waals surface area contributed by atoms with Crippen molar-refractivity contribution in [2.24, 2.45) is 0 Å². The van der Waals surface area contributed by atoms with Gasteiger partial charge in [-0.2, -0.15) is 9.67 Å². The van der Waals surface area contributed by atoms with Crippen LogP contribution < -0.4 is 9.30 Å². The van der Waals surface area contributed by atoms with Gasteiger partial charge < -0.3 is 14.5 Å². The molecule has 3 heterocycles. The summed E-state index contributed by atoms with van der Waals surface area (Å²) in [5, 5.41) is 4.39. The van der Waals surface area contributed by atoms with Crippen molar-refractivity contribution in [2.45, 2.75) is 13.3 Å². The van der Waals surface area contributed by atoms with Crippen molar-refractivity contribution in [1.29, 1.82) is 0 Å². The predicted octanol–water partition coefficient (Wildman–Crippen LogP) is 3.14. The van der Waals surface area contributed by atoms with Crippen LogP contribution in [0.2, 0.25) is 0 Å². The number of aromatic nitrogens is 4. The summed E-state index contributed by atoms with van der Waals surface area (Å²) in [6.45, 7) is 0.280. The van der Waals surface area contributed by atoms with Crippen LogP contribution in [0.15, 0.2) is 85.6 Å². The zero-order valence-corrected chi connectivity index (χ0v) is 17.2. The molecule has 0 aliphatic heterocycles. The van der Waals surface area contributed by atoms with E-state index in [1.165, 1.54) is 0 Å². The first-order valence-corrected chi connectivity index (χ1v) is 10.9. The summed E-state index contributed by atoms with van der Waals surface area (Å²) < 4.78 is 24.4. The fourth-order valence-electron chi connectivity index (χ4n) is 2.88. The van der Waals surface area contributed by atoms with Crippen molar-refractivity contribution in [3.63, 3.8) is 0 Å². The van der Waals surface area contributed by atoms with Crippen LogP contribution in [-0.2, 0) is 22.4 Å². The summed E-state index contributed by atoms with van der Waals surface area (Å²) in [6.07, 6.45) is 8.75. The van der Waals surface area contributed by atoms with Crippen LogP contribution in [0, 0.1) is 0 Å². The van der Waals surface area contributed by atoms with Crippen LogP contribution >= 0.6 is 7.82 Å². The highest BCUT2D eigenvalue weighted by atomic mass is 31.2. The predicted molar refractivity (Wildman–Crippen MR) is 111 cm³/mol.